The summed E-state index contributed by atoms with van der Waals surface area (Å²) in [6.07, 6.45) is 5.97. The molecule has 1 N–H and O–H groups in total. The summed E-state index contributed by atoms with van der Waals surface area (Å²) in [4.78, 5) is 15.1. The molecule has 0 aliphatic rings. The molecular formula is C25H36N2O. The molecule has 0 radical (unpaired) electrons. The molecule has 0 unspecified atom stereocenters. The van der Waals surface area contributed by atoms with Crippen molar-refractivity contribution in [3.05, 3.63) is 71.8 Å². The third-order valence-electron chi connectivity index (χ3n) is 5.47. The highest BCUT2D eigenvalue weighted by atomic mass is 16.2. The quantitative estimate of drug-likeness (QED) is 0.578. The highest BCUT2D eigenvalue weighted by molar-refractivity contribution is 5.82. The van der Waals surface area contributed by atoms with Gasteiger partial charge in [-0.05, 0) is 63.7 Å². The summed E-state index contributed by atoms with van der Waals surface area (Å²) in [7, 11) is 4.07. The Morgan fingerprint density at radius 3 is 1.75 bits per heavy atom. The number of hydrogen-bond donors (Lipinski definition) is 1. The van der Waals surface area contributed by atoms with Crippen LogP contribution in [0.3, 0.4) is 0 Å². The lowest BCUT2D eigenvalue weighted by Gasteiger charge is -2.29. The summed E-state index contributed by atoms with van der Waals surface area (Å²) in [5.41, 5.74) is 2.39. The lowest BCUT2D eigenvalue weighted by Crippen LogP contribution is -2.41. The molecule has 0 aliphatic carbocycles. The second-order valence-electron chi connectivity index (χ2n) is 8.30. The second kappa shape index (κ2) is 11.7. The van der Waals surface area contributed by atoms with Crippen LogP contribution in [0.25, 0.3) is 0 Å². The molecule has 2 aromatic carbocycles. The molecule has 0 spiro atoms. The van der Waals surface area contributed by atoms with Crippen LogP contribution in [0.2, 0.25) is 0 Å². The minimum atomic E-state index is -0.310. The zero-order chi connectivity index (χ0) is 20.2. The first-order valence-electron chi connectivity index (χ1n) is 10.5. The van der Waals surface area contributed by atoms with Crippen molar-refractivity contribution in [1.82, 2.24) is 10.2 Å². The average molecular weight is 381 g/mol. The van der Waals surface area contributed by atoms with E-state index in [9.17, 15) is 4.79 Å². The molecule has 3 heteroatoms. The van der Waals surface area contributed by atoms with E-state index in [0.717, 1.165) is 45.1 Å². The fourth-order valence-electron chi connectivity index (χ4n) is 3.61. The minimum Gasteiger partial charge on any atom is -0.354 e. The fourth-order valence-corrected chi connectivity index (χ4v) is 3.61. The zero-order valence-corrected chi connectivity index (χ0v) is 17.8. The molecule has 3 nitrogen and oxygen atoms in total. The van der Waals surface area contributed by atoms with Gasteiger partial charge in [0.1, 0.15) is 0 Å². The highest BCUT2D eigenvalue weighted by Gasteiger charge is 2.31. The summed E-state index contributed by atoms with van der Waals surface area (Å²) >= 11 is 0. The fraction of sp³-hybridized carbons (Fsp3) is 0.480. The molecule has 0 fully saturated rings. The molecule has 2 rings (SSSR count). The van der Waals surface area contributed by atoms with Crippen LogP contribution >= 0.6 is 0 Å². The Balaban J connectivity index is 1.91. The van der Waals surface area contributed by atoms with E-state index >= 15 is 0 Å². The van der Waals surface area contributed by atoms with Crippen LogP contribution in [0.1, 0.15) is 43.7 Å². The molecule has 0 saturated heterocycles. The van der Waals surface area contributed by atoms with E-state index in [4.69, 9.17) is 0 Å². The molecule has 0 bridgehead atoms. The maximum atomic E-state index is 13.0. The lowest BCUT2D eigenvalue weighted by atomic mass is 9.78. The van der Waals surface area contributed by atoms with Crippen molar-refractivity contribution in [1.29, 1.82) is 0 Å². The maximum Gasteiger partial charge on any atom is 0.225 e. The van der Waals surface area contributed by atoms with Crippen molar-refractivity contribution < 1.29 is 4.79 Å². The Bertz CT molecular complexity index is 637. The van der Waals surface area contributed by atoms with E-state index in [1.807, 2.05) is 14.1 Å². The Kier molecular flexibility index (Phi) is 9.22. The van der Waals surface area contributed by atoms with Gasteiger partial charge < -0.3 is 10.2 Å². The Morgan fingerprint density at radius 2 is 1.32 bits per heavy atom. The number of carbonyl (C=O) groups excluding carboxylic acids is 1. The molecule has 0 saturated carbocycles. The van der Waals surface area contributed by atoms with Crippen molar-refractivity contribution in [2.45, 2.75) is 45.4 Å². The average Bonchev–Trinajstić information content (AvgIpc) is 2.69. The van der Waals surface area contributed by atoms with Crippen LogP contribution in [0.4, 0.5) is 0 Å². The van der Waals surface area contributed by atoms with E-state index in [1.165, 1.54) is 11.1 Å². The van der Waals surface area contributed by atoms with Crippen molar-refractivity contribution >= 4 is 5.91 Å². The summed E-state index contributed by atoms with van der Waals surface area (Å²) in [6.45, 7) is 3.72. The first-order valence-corrected chi connectivity index (χ1v) is 10.5. The van der Waals surface area contributed by atoms with Crippen LogP contribution in [-0.2, 0) is 17.6 Å². The Labute approximate surface area is 171 Å². The number of carbonyl (C=O) groups is 1. The molecule has 2 aromatic rings. The molecule has 0 aromatic heterocycles. The number of benzene rings is 2. The second-order valence-corrected chi connectivity index (χ2v) is 8.30. The molecule has 1 amide bonds. The van der Waals surface area contributed by atoms with E-state index in [2.05, 4.69) is 77.8 Å². The van der Waals surface area contributed by atoms with Gasteiger partial charge in [0.15, 0.2) is 0 Å². The molecule has 0 heterocycles. The number of rotatable bonds is 12. The minimum absolute atomic E-state index is 0.204. The Morgan fingerprint density at radius 1 is 0.857 bits per heavy atom. The smallest absolute Gasteiger partial charge is 0.225 e. The van der Waals surface area contributed by atoms with Crippen LogP contribution in [0, 0.1) is 5.41 Å². The molecule has 0 atom stereocenters. The van der Waals surface area contributed by atoms with Gasteiger partial charge in [0.05, 0.1) is 0 Å². The van der Waals surface area contributed by atoms with Crippen molar-refractivity contribution in [2.75, 3.05) is 27.2 Å². The summed E-state index contributed by atoms with van der Waals surface area (Å²) in [5, 5.41) is 3.17. The molecule has 152 valence electrons. The van der Waals surface area contributed by atoms with Crippen molar-refractivity contribution in [2.24, 2.45) is 5.41 Å². The number of nitrogens with zero attached hydrogens (tertiary/aromatic N) is 1. The van der Waals surface area contributed by atoms with Crippen LogP contribution in [-0.4, -0.2) is 38.0 Å². The van der Waals surface area contributed by atoms with Gasteiger partial charge in [0.25, 0.3) is 0 Å². The number of likely N-dealkylation sites (N-methyl/N-ethyl adjacent to an activating group) is 1. The van der Waals surface area contributed by atoms with Gasteiger partial charge in [-0.25, -0.2) is 0 Å². The van der Waals surface area contributed by atoms with Gasteiger partial charge in [-0.3, -0.25) is 4.79 Å². The molecular weight excluding hydrogens is 344 g/mol. The predicted molar refractivity (Wildman–Crippen MR) is 118 cm³/mol. The summed E-state index contributed by atoms with van der Waals surface area (Å²) in [6, 6.07) is 21.1. The zero-order valence-electron chi connectivity index (χ0n) is 17.8. The van der Waals surface area contributed by atoms with Crippen molar-refractivity contribution in [3.8, 4) is 0 Å². The topological polar surface area (TPSA) is 32.3 Å². The maximum absolute atomic E-state index is 13.0. The third-order valence-corrected chi connectivity index (χ3v) is 5.47. The Hall–Kier alpha value is -2.13. The predicted octanol–water partition coefficient (Wildman–Crippen LogP) is 4.72. The van der Waals surface area contributed by atoms with Gasteiger partial charge >= 0.3 is 0 Å². The number of nitrogens with one attached hydrogen (secondary N) is 1. The number of aryl methyl sites for hydroxylation is 2. The normalized spacial score (nSPS) is 11.6. The largest absolute Gasteiger partial charge is 0.354 e. The van der Waals surface area contributed by atoms with Gasteiger partial charge in [0.2, 0.25) is 5.91 Å². The summed E-state index contributed by atoms with van der Waals surface area (Å²) < 4.78 is 0. The van der Waals surface area contributed by atoms with Gasteiger partial charge in [-0.2, -0.15) is 0 Å². The third kappa shape index (κ3) is 7.85. The van der Waals surface area contributed by atoms with E-state index in [0.29, 0.717) is 6.54 Å². The monoisotopic (exact) mass is 380 g/mol. The SMILES string of the molecule is CN(C)CCNC(=O)C(C)(CCCc1ccccc1)CCCc1ccccc1. The van der Waals surface area contributed by atoms with Gasteiger partial charge in [-0.1, -0.05) is 67.6 Å². The first-order chi connectivity index (χ1) is 13.5. The van der Waals surface area contributed by atoms with E-state index in [-0.39, 0.29) is 11.3 Å². The summed E-state index contributed by atoms with van der Waals surface area (Å²) in [5.74, 6) is 0.204. The van der Waals surface area contributed by atoms with Crippen LogP contribution < -0.4 is 5.32 Å². The highest BCUT2D eigenvalue weighted by Crippen LogP contribution is 2.31. The standard InChI is InChI=1S/C25H36N2O/c1-25(24(28)26-20-21-27(2)3,18-10-16-22-12-6-4-7-13-22)19-11-17-23-14-8-5-9-15-23/h4-9,12-15H,10-11,16-21H2,1-3H3,(H,26,28). The lowest BCUT2D eigenvalue weighted by molar-refractivity contribution is -0.131. The number of hydrogen-bond acceptors (Lipinski definition) is 2. The van der Waals surface area contributed by atoms with Crippen molar-refractivity contribution in [3.63, 3.8) is 0 Å². The van der Waals surface area contributed by atoms with Gasteiger partial charge in [-0.15, -0.1) is 0 Å². The first kappa shape index (κ1) is 22.2. The molecule has 0 aliphatic heterocycles. The molecule has 28 heavy (non-hydrogen) atoms. The van der Waals surface area contributed by atoms with Crippen LogP contribution in [0.5, 0.6) is 0 Å². The van der Waals surface area contributed by atoms with Crippen LogP contribution in [0.15, 0.2) is 60.7 Å². The van der Waals surface area contributed by atoms with E-state index < -0.39 is 0 Å². The van der Waals surface area contributed by atoms with E-state index in [1.54, 1.807) is 0 Å². The number of amides is 1. The van der Waals surface area contributed by atoms with Gasteiger partial charge in [0, 0.05) is 18.5 Å².